The second-order valence-corrected chi connectivity index (χ2v) is 6.39. The van der Waals surface area contributed by atoms with Gasteiger partial charge in [-0.15, -0.1) is 0 Å². The van der Waals surface area contributed by atoms with Crippen LogP contribution in [-0.4, -0.2) is 0 Å². The highest BCUT2D eigenvalue weighted by molar-refractivity contribution is 5.64. The highest BCUT2D eigenvalue weighted by atomic mass is 79.9. The maximum Gasteiger partial charge on any atom is 0.178 e. The molecule has 0 aliphatic heterocycles. The van der Waals surface area contributed by atoms with Gasteiger partial charge in [0.05, 0.1) is 0 Å². The number of rotatable bonds is 4. The Morgan fingerprint density at radius 2 is 1.54 bits per heavy atom. The number of aryl methyl sites for hydroxylation is 3. The molecule has 3 aromatic rings. The van der Waals surface area contributed by atoms with E-state index in [1.165, 1.54) is 22.4 Å². The number of nitrogens with zero attached hydrogens (tertiary/aromatic N) is 1. The normalized spacial score (nSPS) is 9.77. The summed E-state index contributed by atoms with van der Waals surface area (Å²) in [4.78, 5) is 0. The Bertz CT molecular complexity index is 887. The van der Waals surface area contributed by atoms with E-state index in [4.69, 9.17) is 0 Å². The molecule has 0 spiro atoms. The summed E-state index contributed by atoms with van der Waals surface area (Å²) in [6.45, 7) is 5.31. The third kappa shape index (κ3) is 5.58. The topological polar surface area (TPSA) is 3.88 Å². The summed E-state index contributed by atoms with van der Waals surface area (Å²) >= 11 is 0. The lowest BCUT2D eigenvalue weighted by molar-refractivity contribution is -0.703. The third-order valence-electron chi connectivity index (χ3n) is 4.33. The Kier molecular flexibility index (Phi) is 7.63. The Balaban J connectivity index is 0.00000243. The molecular formula is C24H24BrN. The van der Waals surface area contributed by atoms with Crippen LogP contribution in [0.2, 0.25) is 0 Å². The average molecular weight is 406 g/mol. The van der Waals surface area contributed by atoms with Crippen molar-refractivity contribution in [3.63, 3.8) is 0 Å². The smallest absolute Gasteiger partial charge is 0.178 e. The van der Waals surface area contributed by atoms with Crippen LogP contribution in [0.15, 0.2) is 72.9 Å². The summed E-state index contributed by atoms with van der Waals surface area (Å²) in [5.41, 5.74) is 6.18. The molecule has 0 saturated carbocycles. The molecule has 0 fully saturated rings. The number of unbranched alkanes of at least 4 members (excludes halogenated alkanes) is 1. The molecule has 0 N–H and O–H groups in total. The summed E-state index contributed by atoms with van der Waals surface area (Å²) in [5, 5.41) is 0. The van der Waals surface area contributed by atoms with Gasteiger partial charge in [0.25, 0.3) is 0 Å². The van der Waals surface area contributed by atoms with E-state index < -0.39 is 0 Å². The second-order valence-electron chi connectivity index (χ2n) is 6.39. The lowest BCUT2D eigenvalue weighted by Crippen LogP contribution is -3.00. The van der Waals surface area contributed by atoms with E-state index in [9.17, 15) is 0 Å². The van der Waals surface area contributed by atoms with Crippen LogP contribution in [-0.2, 0) is 6.54 Å². The molecule has 0 saturated heterocycles. The maximum absolute atomic E-state index is 3.30. The number of aromatic nitrogens is 1. The molecule has 1 heterocycles. The van der Waals surface area contributed by atoms with Gasteiger partial charge in [-0.25, -0.2) is 4.57 Å². The third-order valence-corrected chi connectivity index (χ3v) is 4.33. The van der Waals surface area contributed by atoms with Crippen LogP contribution in [0.5, 0.6) is 0 Å². The minimum atomic E-state index is 0. The van der Waals surface area contributed by atoms with Gasteiger partial charge in [0.1, 0.15) is 6.54 Å². The van der Waals surface area contributed by atoms with Crippen molar-refractivity contribution < 1.29 is 21.5 Å². The molecule has 0 bridgehead atoms. The van der Waals surface area contributed by atoms with Crippen LogP contribution >= 0.6 is 0 Å². The summed E-state index contributed by atoms with van der Waals surface area (Å²) in [6, 6.07) is 23.3. The van der Waals surface area contributed by atoms with Gasteiger partial charge in [-0.1, -0.05) is 54.3 Å². The molecule has 1 aromatic heterocycles. The van der Waals surface area contributed by atoms with Gasteiger partial charge in [-0.3, -0.25) is 0 Å². The van der Waals surface area contributed by atoms with Crippen molar-refractivity contribution in [3.8, 4) is 23.0 Å². The van der Waals surface area contributed by atoms with Crippen LogP contribution < -0.4 is 21.5 Å². The molecule has 0 aliphatic rings. The van der Waals surface area contributed by atoms with Gasteiger partial charge >= 0.3 is 0 Å². The summed E-state index contributed by atoms with van der Waals surface area (Å²) in [7, 11) is 0. The second kappa shape index (κ2) is 9.94. The first-order valence-electron chi connectivity index (χ1n) is 8.83. The van der Waals surface area contributed by atoms with Gasteiger partial charge < -0.3 is 17.0 Å². The molecule has 0 radical (unpaired) electrons. The van der Waals surface area contributed by atoms with Crippen LogP contribution in [0.4, 0.5) is 0 Å². The highest BCUT2D eigenvalue weighted by Crippen LogP contribution is 2.18. The Hall–Kier alpha value is -2.37. The monoisotopic (exact) mass is 405 g/mol. The summed E-state index contributed by atoms with van der Waals surface area (Å²) in [6.07, 6.45) is 4.16. The minimum Gasteiger partial charge on any atom is -1.00 e. The first-order chi connectivity index (χ1) is 12.2. The molecule has 0 aliphatic carbocycles. The van der Waals surface area contributed by atoms with Crippen molar-refractivity contribution in [3.05, 3.63) is 89.7 Å². The SMILES string of the molecule is Cc1cc[n+](CCCC#Cc2ccc(-c3ccccc3)cc2)c(C)c1.[Br-]. The quantitative estimate of drug-likeness (QED) is 0.355. The number of halogens is 1. The molecule has 2 heteroatoms. The van der Waals surface area contributed by atoms with Gasteiger partial charge in [-0.05, 0) is 35.7 Å². The van der Waals surface area contributed by atoms with E-state index in [-0.39, 0.29) is 17.0 Å². The molecule has 26 heavy (non-hydrogen) atoms. The predicted octanol–water partition coefficient (Wildman–Crippen LogP) is 2.09. The van der Waals surface area contributed by atoms with E-state index in [1.54, 1.807) is 0 Å². The van der Waals surface area contributed by atoms with E-state index in [0.717, 1.165) is 24.9 Å². The van der Waals surface area contributed by atoms with Gasteiger partial charge in [0, 0.05) is 37.5 Å². The van der Waals surface area contributed by atoms with Crippen molar-refractivity contribution in [2.45, 2.75) is 33.2 Å². The van der Waals surface area contributed by atoms with Crippen molar-refractivity contribution in [2.24, 2.45) is 0 Å². The lowest BCUT2D eigenvalue weighted by Gasteiger charge is -2.01. The zero-order chi connectivity index (χ0) is 17.5. The number of benzene rings is 2. The van der Waals surface area contributed by atoms with Crippen LogP contribution in [0.1, 0.15) is 29.7 Å². The van der Waals surface area contributed by atoms with Gasteiger partial charge in [0.2, 0.25) is 0 Å². The first-order valence-corrected chi connectivity index (χ1v) is 8.83. The standard InChI is InChI=1S/C24H24N.BrH/c1-20-16-18-25(21(2)19-20)17-8-4-5-9-22-12-14-24(15-13-22)23-10-6-3-7-11-23;/h3,6-7,10-16,18-19H,4,8,17H2,1-2H3;1H/q+1;/p-1. The van der Waals surface area contributed by atoms with Crippen molar-refractivity contribution in [1.82, 2.24) is 0 Å². The van der Waals surface area contributed by atoms with E-state index >= 15 is 0 Å². The molecule has 0 amide bonds. The maximum atomic E-state index is 3.30. The molecular weight excluding hydrogens is 382 g/mol. The average Bonchev–Trinajstić information content (AvgIpc) is 2.64. The zero-order valence-electron chi connectivity index (χ0n) is 15.4. The highest BCUT2D eigenvalue weighted by Gasteiger charge is 2.04. The molecule has 0 unspecified atom stereocenters. The van der Waals surface area contributed by atoms with Crippen molar-refractivity contribution in [2.75, 3.05) is 0 Å². The van der Waals surface area contributed by atoms with Crippen LogP contribution in [0, 0.1) is 25.7 Å². The summed E-state index contributed by atoms with van der Waals surface area (Å²) < 4.78 is 2.29. The fourth-order valence-corrected chi connectivity index (χ4v) is 2.92. The van der Waals surface area contributed by atoms with Crippen molar-refractivity contribution in [1.29, 1.82) is 0 Å². The summed E-state index contributed by atoms with van der Waals surface area (Å²) in [5.74, 6) is 6.57. The Labute approximate surface area is 167 Å². The molecule has 2 aromatic carbocycles. The molecule has 1 nitrogen and oxygen atoms in total. The first kappa shape index (κ1) is 19.9. The molecule has 0 atom stereocenters. The Morgan fingerprint density at radius 1 is 0.846 bits per heavy atom. The van der Waals surface area contributed by atoms with E-state index in [1.807, 2.05) is 6.07 Å². The number of hydrogen-bond acceptors (Lipinski definition) is 0. The predicted molar refractivity (Wildman–Crippen MR) is 104 cm³/mol. The fourth-order valence-electron chi connectivity index (χ4n) is 2.92. The lowest BCUT2D eigenvalue weighted by atomic mass is 10.0. The molecule has 3 rings (SSSR count). The molecule has 132 valence electrons. The fraction of sp³-hybridized carbons (Fsp3) is 0.208. The minimum absolute atomic E-state index is 0. The van der Waals surface area contributed by atoms with E-state index in [0.29, 0.717) is 0 Å². The Morgan fingerprint density at radius 3 is 2.23 bits per heavy atom. The van der Waals surface area contributed by atoms with Crippen LogP contribution in [0.25, 0.3) is 11.1 Å². The van der Waals surface area contributed by atoms with Crippen LogP contribution in [0.3, 0.4) is 0 Å². The van der Waals surface area contributed by atoms with Gasteiger partial charge in [-0.2, -0.15) is 0 Å². The largest absolute Gasteiger partial charge is 1.00 e. The van der Waals surface area contributed by atoms with Crippen molar-refractivity contribution >= 4 is 0 Å². The number of pyridine rings is 1. The number of hydrogen-bond donors (Lipinski definition) is 0. The van der Waals surface area contributed by atoms with E-state index in [2.05, 4.69) is 97.1 Å². The zero-order valence-corrected chi connectivity index (χ0v) is 17.0. The van der Waals surface area contributed by atoms with Gasteiger partial charge in [0.15, 0.2) is 11.9 Å².